The number of aryl methyl sites for hydroxylation is 2. The summed E-state index contributed by atoms with van der Waals surface area (Å²) in [7, 11) is 0. The molecule has 20 nitrogen and oxygen atoms in total. The van der Waals surface area contributed by atoms with Crippen molar-refractivity contribution in [2.24, 2.45) is 0 Å². The first kappa shape index (κ1) is 81.9. The number of carbonyl (C=O) groups is 10. The number of ether oxygens (including phenoxy) is 4. The number of hydrogen-bond acceptors (Lipinski definition) is 14. The molecule has 13 aromatic rings. The summed E-state index contributed by atoms with van der Waals surface area (Å²) in [6.07, 6.45) is 3.46. The van der Waals surface area contributed by atoms with E-state index in [4.69, 9.17) is 18.9 Å². The molecule has 0 bridgehead atoms. The third kappa shape index (κ3) is 17.1. The van der Waals surface area contributed by atoms with Crippen LogP contribution in [-0.2, 0) is 54.5 Å². The Hall–Kier alpha value is -15.2. The maximum atomic E-state index is 16.4. The maximum Gasteiger partial charge on any atom is 0.262 e. The average Bonchev–Trinajstić information content (AvgIpc) is 0.670. The van der Waals surface area contributed by atoms with Crippen LogP contribution in [0.2, 0.25) is 0 Å². The van der Waals surface area contributed by atoms with Crippen molar-refractivity contribution in [3.63, 3.8) is 0 Å². The molecule has 0 aliphatic carbocycles. The van der Waals surface area contributed by atoms with E-state index in [0.29, 0.717) is 83.6 Å². The number of nitrogens with zero attached hydrogens (tertiary/aromatic N) is 4. The number of Topliss-reactive ketones (excluding diaryl/α,β-unsaturated/α-hetero) is 2. The van der Waals surface area contributed by atoms with Gasteiger partial charge in [0, 0.05) is 103 Å². The number of rotatable bonds is 34. The van der Waals surface area contributed by atoms with Gasteiger partial charge in [-0.2, -0.15) is 0 Å². The number of benzene rings is 13. The van der Waals surface area contributed by atoms with Gasteiger partial charge in [-0.05, 0) is 221 Å². The molecule has 2 N–H and O–H groups in total. The molecular weight excluding hydrogens is 1530 g/mol. The van der Waals surface area contributed by atoms with Gasteiger partial charge in [0.05, 0.1) is 22.3 Å². The Balaban J connectivity index is 1.02. The second-order valence-electron chi connectivity index (χ2n) is 30.6. The van der Waals surface area contributed by atoms with Crippen molar-refractivity contribution >= 4 is 125 Å². The van der Waals surface area contributed by atoms with Crippen molar-refractivity contribution in [3.05, 3.63) is 336 Å². The summed E-state index contributed by atoms with van der Waals surface area (Å²) in [5.74, 6) is -4.59. The predicted octanol–water partition coefficient (Wildman–Crippen LogP) is 20.2. The van der Waals surface area contributed by atoms with E-state index in [0.717, 1.165) is 32.1 Å². The van der Waals surface area contributed by atoms with E-state index in [2.05, 4.69) is 36.9 Å². The van der Waals surface area contributed by atoms with Gasteiger partial charge in [0.25, 0.3) is 35.4 Å². The van der Waals surface area contributed by atoms with E-state index in [1.807, 2.05) is 60.7 Å². The number of amides is 8. The molecule has 0 saturated carbocycles. The summed E-state index contributed by atoms with van der Waals surface area (Å²) in [5, 5.41) is 7.03. The van der Waals surface area contributed by atoms with E-state index >= 15 is 28.8 Å². The Morgan fingerprint density at radius 1 is 0.311 bits per heavy atom. The standard InChI is InChI=1S/C102H86N6O14/c1-61(2)81(109)33-21-23-65-35-43-73(44-36-65)119-83-55-77-89-78(100(116)105(99(77)115)59-87(111)107(69-25-13-9-14-26-69)70-27-15-10-16-28-70)56-84(120-74-45-37-66(38-46-74)24-22-34-82(110)62(3)4)92-94-86(122-76-49-41-68(42-50-76)52-54-104-98(114)64(7)8)58-80-90-79(101(117)106(102(80)118)60-88(112)108(71-29-17-11-18-30-71)72-31-19-12-20-32-72)57-85(93(96(90)94)91(83)95(89)92)121-75-47-39-67(40-48-75)51-53-103-97(113)63(5)6/h9-20,25-32,35-50,55-58H,1,3,5,7,21-24,33-34,51-54,59-60H2,2,4,6,8H3,(H,103,113)(H,104,114). The maximum absolute atomic E-state index is 16.4. The highest BCUT2D eigenvalue weighted by Gasteiger charge is 2.44. The summed E-state index contributed by atoms with van der Waals surface area (Å²) >= 11 is 0. The van der Waals surface area contributed by atoms with Crippen LogP contribution in [0.5, 0.6) is 46.0 Å². The third-order valence-corrected chi connectivity index (χ3v) is 21.7. The van der Waals surface area contributed by atoms with E-state index in [1.54, 1.807) is 185 Å². The molecule has 0 saturated heterocycles. The Kier molecular flexibility index (Phi) is 23.9. The van der Waals surface area contributed by atoms with Crippen molar-refractivity contribution in [1.29, 1.82) is 0 Å². The fourth-order valence-electron chi connectivity index (χ4n) is 15.5. The van der Waals surface area contributed by atoms with E-state index < -0.39 is 48.5 Å². The van der Waals surface area contributed by atoms with Crippen LogP contribution in [-0.4, -0.2) is 94.8 Å². The number of allylic oxidation sites excluding steroid dienone is 2. The quantitative estimate of drug-likeness (QED) is 0.0165. The highest BCUT2D eigenvalue weighted by molar-refractivity contribution is 6.45. The smallest absolute Gasteiger partial charge is 0.262 e. The van der Waals surface area contributed by atoms with Crippen molar-refractivity contribution < 1.29 is 66.9 Å². The van der Waals surface area contributed by atoms with Crippen LogP contribution < -0.4 is 39.4 Å². The lowest BCUT2D eigenvalue weighted by molar-refractivity contribution is -0.119. The van der Waals surface area contributed by atoms with Crippen LogP contribution >= 0.6 is 0 Å². The molecule has 608 valence electrons. The molecule has 0 unspecified atom stereocenters. The highest BCUT2D eigenvalue weighted by atomic mass is 16.5. The first-order valence-electron chi connectivity index (χ1n) is 40.2. The van der Waals surface area contributed by atoms with Gasteiger partial charge in [-0.1, -0.05) is 148 Å². The fourth-order valence-corrected chi connectivity index (χ4v) is 15.5. The average molecular weight is 1620 g/mol. The summed E-state index contributed by atoms with van der Waals surface area (Å²) in [4.78, 5) is 152. The van der Waals surface area contributed by atoms with Crippen molar-refractivity contribution in [2.75, 3.05) is 36.0 Å². The second kappa shape index (κ2) is 35.6. The zero-order valence-electron chi connectivity index (χ0n) is 67.9. The molecule has 15 rings (SSSR count). The Bertz CT molecular complexity index is 5660. The number of nitrogens with one attached hydrogen (secondary N) is 2. The van der Waals surface area contributed by atoms with E-state index in [9.17, 15) is 19.2 Å². The van der Waals surface area contributed by atoms with Gasteiger partial charge in [0.2, 0.25) is 11.8 Å². The Labute approximate surface area is 704 Å². The molecule has 0 atom stereocenters. The second-order valence-corrected chi connectivity index (χ2v) is 30.6. The van der Waals surface area contributed by atoms with Crippen LogP contribution in [0.3, 0.4) is 0 Å². The number of hydrogen-bond donors (Lipinski definition) is 2. The fraction of sp³-hybridized carbons (Fsp3) is 0.157. The number of ketones is 2. The lowest BCUT2D eigenvalue weighted by atomic mass is 9.80. The highest BCUT2D eigenvalue weighted by Crippen LogP contribution is 2.58. The predicted molar refractivity (Wildman–Crippen MR) is 473 cm³/mol. The number of para-hydroxylation sites is 4. The molecule has 2 aliphatic rings. The van der Waals surface area contributed by atoms with Gasteiger partial charge >= 0.3 is 0 Å². The Morgan fingerprint density at radius 3 is 0.795 bits per heavy atom. The van der Waals surface area contributed by atoms with Gasteiger partial charge in [0.15, 0.2) is 11.6 Å². The molecule has 2 heterocycles. The number of imide groups is 2. The van der Waals surface area contributed by atoms with Crippen LogP contribution in [0, 0.1) is 0 Å². The monoisotopic (exact) mass is 1620 g/mol. The van der Waals surface area contributed by atoms with Crippen LogP contribution in [0.4, 0.5) is 22.7 Å². The van der Waals surface area contributed by atoms with Crippen LogP contribution in [0.15, 0.2) is 291 Å². The van der Waals surface area contributed by atoms with Crippen molar-refractivity contribution in [1.82, 2.24) is 20.4 Å². The van der Waals surface area contributed by atoms with E-state index in [-0.39, 0.29) is 161 Å². The molecule has 0 fully saturated rings. The summed E-state index contributed by atoms with van der Waals surface area (Å²) in [6, 6.07) is 70.1. The minimum atomic E-state index is -0.879. The first-order valence-corrected chi connectivity index (χ1v) is 40.2. The Morgan fingerprint density at radius 2 is 0.557 bits per heavy atom. The lowest BCUT2D eigenvalue weighted by Crippen LogP contribution is -2.46. The largest absolute Gasteiger partial charge is 0.457 e. The minimum Gasteiger partial charge on any atom is -0.457 e. The zero-order chi connectivity index (χ0) is 85.6. The number of fused-ring (bicyclic) bond motifs is 2. The van der Waals surface area contributed by atoms with Crippen molar-refractivity contribution in [3.8, 4) is 46.0 Å². The molecule has 0 aromatic heterocycles. The van der Waals surface area contributed by atoms with Crippen molar-refractivity contribution in [2.45, 2.75) is 79.1 Å². The van der Waals surface area contributed by atoms with Crippen LogP contribution in [0.25, 0.3) is 43.1 Å². The number of carbonyl (C=O) groups excluding carboxylic acids is 10. The lowest BCUT2D eigenvalue weighted by Gasteiger charge is -2.33. The summed E-state index contributed by atoms with van der Waals surface area (Å²) < 4.78 is 29.3. The third-order valence-electron chi connectivity index (χ3n) is 21.7. The molecule has 20 heteroatoms. The normalized spacial score (nSPS) is 12.2. The number of anilines is 4. The summed E-state index contributed by atoms with van der Waals surface area (Å²) in [6.45, 7) is 20.8. The molecule has 0 spiro atoms. The molecule has 13 aromatic carbocycles. The zero-order valence-corrected chi connectivity index (χ0v) is 67.9. The van der Waals surface area contributed by atoms with Gasteiger partial charge < -0.3 is 29.6 Å². The minimum absolute atomic E-state index is 0.0150. The van der Waals surface area contributed by atoms with Gasteiger partial charge in [-0.15, -0.1) is 0 Å². The molecule has 8 amide bonds. The SMILES string of the molecule is C=C(C)C(=O)CCCc1ccc(Oc2cc3c4c(cc(Oc5ccc(CCCC(=O)C(=C)C)cc5)c5c6c(Oc7ccc(CCNC(=O)C(=C)C)cc7)cc7c8c(cc(Oc9ccc(CCNC(=O)C(=C)C)cc9)c(c2c45)c86)C(=O)N(CC(=O)N(c2ccccc2)c2ccccc2)C7=O)C(=O)N(CC(=O)N(c2ccccc2)c2ccccc2)C3=O)cc1. The van der Waals surface area contributed by atoms with E-state index in [1.165, 1.54) is 34.1 Å². The molecule has 0 radical (unpaired) electrons. The van der Waals surface area contributed by atoms with Crippen LogP contribution in [0.1, 0.15) is 117 Å². The molecular formula is C102H86N6O14. The van der Waals surface area contributed by atoms with Gasteiger partial charge in [0.1, 0.15) is 59.1 Å². The topological polar surface area (TPSA) is 245 Å². The van der Waals surface area contributed by atoms with Gasteiger partial charge in [-0.25, -0.2) is 0 Å². The molecule has 2 aliphatic heterocycles. The van der Waals surface area contributed by atoms with Gasteiger partial charge in [-0.3, -0.25) is 67.5 Å². The summed E-state index contributed by atoms with van der Waals surface area (Å²) in [5.41, 5.74) is 6.47. The molecule has 122 heavy (non-hydrogen) atoms. The first-order chi connectivity index (χ1) is 59.0.